The summed E-state index contributed by atoms with van der Waals surface area (Å²) in [5, 5.41) is 3.98. The molecular formula is C26H27N5O2S. The molecule has 2 aromatic carbocycles. The maximum absolute atomic E-state index is 13.2. The van der Waals surface area contributed by atoms with Gasteiger partial charge in [-0.25, -0.2) is 9.97 Å². The SMILES string of the molecule is COc1ccc(C)cc1NC(=O)c1sc2ncnc(N3CCN(c4ccccc4)CC3)c2c1C. The molecule has 1 aliphatic rings. The lowest BCUT2D eigenvalue weighted by atomic mass is 10.1. The van der Waals surface area contributed by atoms with Gasteiger partial charge >= 0.3 is 0 Å². The van der Waals surface area contributed by atoms with Crippen molar-refractivity contribution in [2.45, 2.75) is 13.8 Å². The molecule has 1 N–H and O–H groups in total. The van der Waals surface area contributed by atoms with Gasteiger partial charge in [-0.1, -0.05) is 24.3 Å². The quantitative estimate of drug-likeness (QED) is 0.445. The van der Waals surface area contributed by atoms with Crippen LogP contribution in [0.2, 0.25) is 0 Å². The number of ether oxygens (including phenoxy) is 1. The minimum Gasteiger partial charge on any atom is -0.495 e. The maximum Gasteiger partial charge on any atom is 0.266 e. The number of carbonyl (C=O) groups excluding carboxylic acids is 1. The first kappa shape index (κ1) is 22.2. The van der Waals surface area contributed by atoms with Crippen molar-refractivity contribution in [2.75, 3.05) is 48.4 Å². The molecule has 0 atom stereocenters. The molecule has 1 fully saturated rings. The molecule has 174 valence electrons. The molecule has 0 radical (unpaired) electrons. The molecule has 1 aliphatic heterocycles. The maximum atomic E-state index is 13.2. The topological polar surface area (TPSA) is 70.6 Å². The zero-order valence-electron chi connectivity index (χ0n) is 19.5. The summed E-state index contributed by atoms with van der Waals surface area (Å²) in [4.78, 5) is 28.5. The number of nitrogens with zero attached hydrogens (tertiary/aromatic N) is 4. The molecule has 0 spiro atoms. The van der Waals surface area contributed by atoms with Gasteiger partial charge in [-0.3, -0.25) is 4.79 Å². The minimum atomic E-state index is -0.163. The van der Waals surface area contributed by atoms with E-state index in [2.05, 4.69) is 49.4 Å². The van der Waals surface area contributed by atoms with E-state index in [4.69, 9.17) is 4.74 Å². The summed E-state index contributed by atoms with van der Waals surface area (Å²) < 4.78 is 5.42. The van der Waals surface area contributed by atoms with Gasteiger partial charge in [0, 0.05) is 31.9 Å². The van der Waals surface area contributed by atoms with Gasteiger partial charge in [-0.15, -0.1) is 11.3 Å². The van der Waals surface area contributed by atoms with E-state index in [0.717, 1.165) is 53.3 Å². The zero-order valence-corrected chi connectivity index (χ0v) is 20.4. The van der Waals surface area contributed by atoms with E-state index >= 15 is 0 Å². The Morgan fingerprint density at radius 3 is 2.47 bits per heavy atom. The van der Waals surface area contributed by atoms with E-state index < -0.39 is 0 Å². The predicted molar refractivity (Wildman–Crippen MR) is 139 cm³/mol. The molecule has 4 aromatic rings. The van der Waals surface area contributed by atoms with Gasteiger partial charge in [0.05, 0.1) is 23.1 Å². The van der Waals surface area contributed by atoms with E-state index in [-0.39, 0.29) is 5.91 Å². The third-order valence-corrected chi connectivity index (χ3v) is 7.42. The van der Waals surface area contributed by atoms with E-state index in [1.807, 2.05) is 38.1 Å². The lowest BCUT2D eigenvalue weighted by Crippen LogP contribution is -2.46. The highest BCUT2D eigenvalue weighted by Crippen LogP contribution is 2.36. The van der Waals surface area contributed by atoms with Crippen molar-refractivity contribution in [3.8, 4) is 5.75 Å². The van der Waals surface area contributed by atoms with Crippen LogP contribution < -0.4 is 19.9 Å². The molecule has 1 amide bonds. The molecule has 0 saturated carbocycles. The number of nitrogens with one attached hydrogen (secondary N) is 1. The molecule has 7 nitrogen and oxygen atoms in total. The molecule has 34 heavy (non-hydrogen) atoms. The van der Waals surface area contributed by atoms with Crippen molar-refractivity contribution in [2.24, 2.45) is 0 Å². The Morgan fingerprint density at radius 2 is 1.74 bits per heavy atom. The number of para-hydroxylation sites is 1. The van der Waals surface area contributed by atoms with Gasteiger partial charge in [0.25, 0.3) is 5.91 Å². The normalized spacial score (nSPS) is 13.9. The molecule has 1 saturated heterocycles. The highest BCUT2D eigenvalue weighted by Gasteiger charge is 2.25. The molecule has 3 heterocycles. The third kappa shape index (κ3) is 4.17. The van der Waals surface area contributed by atoms with Crippen LogP contribution >= 0.6 is 11.3 Å². The summed E-state index contributed by atoms with van der Waals surface area (Å²) in [5.41, 5.74) is 3.86. The first-order valence-electron chi connectivity index (χ1n) is 11.3. The number of amides is 1. The Morgan fingerprint density at radius 1 is 1.00 bits per heavy atom. The van der Waals surface area contributed by atoms with Crippen LogP contribution in [0.3, 0.4) is 0 Å². The average molecular weight is 474 g/mol. The predicted octanol–water partition coefficient (Wildman–Crippen LogP) is 4.90. The van der Waals surface area contributed by atoms with Crippen LogP contribution in [0.5, 0.6) is 5.75 Å². The second-order valence-electron chi connectivity index (χ2n) is 8.40. The number of anilines is 3. The monoisotopic (exact) mass is 473 g/mol. The summed E-state index contributed by atoms with van der Waals surface area (Å²) in [6.45, 7) is 7.52. The fourth-order valence-corrected chi connectivity index (χ4v) is 5.46. The number of carbonyl (C=O) groups is 1. The van der Waals surface area contributed by atoms with E-state index in [1.165, 1.54) is 17.0 Å². The van der Waals surface area contributed by atoms with Gasteiger partial charge in [0.15, 0.2) is 0 Å². The molecule has 0 unspecified atom stereocenters. The highest BCUT2D eigenvalue weighted by molar-refractivity contribution is 7.20. The summed E-state index contributed by atoms with van der Waals surface area (Å²) in [5.74, 6) is 1.37. The molecule has 2 aromatic heterocycles. The van der Waals surface area contributed by atoms with Crippen LogP contribution in [0, 0.1) is 13.8 Å². The molecule has 8 heteroatoms. The number of hydrogen-bond donors (Lipinski definition) is 1. The third-order valence-electron chi connectivity index (χ3n) is 6.22. The lowest BCUT2D eigenvalue weighted by molar-refractivity contribution is 0.102. The van der Waals surface area contributed by atoms with E-state index in [1.54, 1.807) is 13.4 Å². The van der Waals surface area contributed by atoms with Gasteiger partial charge in [-0.2, -0.15) is 0 Å². The van der Waals surface area contributed by atoms with Crippen LogP contribution in [0.15, 0.2) is 54.9 Å². The van der Waals surface area contributed by atoms with Crippen LogP contribution in [-0.4, -0.2) is 49.2 Å². The number of piperazine rings is 1. The molecule has 0 bridgehead atoms. The Labute approximate surface area is 203 Å². The number of methoxy groups -OCH3 is 1. The van der Waals surface area contributed by atoms with Crippen LogP contribution in [0.1, 0.15) is 20.8 Å². The first-order chi connectivity index (χ1) is 16.5. The van der Waals surface area contributed by atoms with Gasteiger partial charge < -0.3 is 19.9 Å². The number of hydrogen-bond acceptors (Lipinski definition) is 7. The van der Waals surface area contributed by atoms with Gasteiger partial charge in [0.1, 0.15) is 22.7 Å². The van der Waals surface area contributed by atoms with Crippen molar-refractivity contribution in [3.05, 3.63) is 70.9 Å². The second-order valence-corrected chi connectivity index (χ2v) is 9.40. The van der Waals surface area contributed by atoms with Gasteiger partial charge in [-0.05, 0) is 49.2 Å². The number of aromatic nitrogens is 2. The van der Waals surface area contributed by atoms with E-state index in [0.29, 0.717) is 16.3 Å². The first-order valence-corrected chi connectivity index (χ1v) is 12.1. The zero-order chi connectivity index (χ0) is 23.7. The largest absolute Gasteiger partial charge is 0.495 e. The van der Waals surface area contributed by atoms with Crippen molar-refractivity contribution < 1.29 is 9.53 Å². The molecular weight excluding hydrogens is 446 g/mol. The molecule has 5 rings (SSSR count). The number of rotatable bonds is 5. The minimum absolute atomic E-state index is 0.163. The van der Waals surface area contributed by atoms with Gasteiger partial charge in [0.2, 0.25) is 0 Å². The van der Waals surface area contributed by atoms with Crippen molar-refractivity contribution >= 4 is 44.7 Å². The average Bonchev–Trinajstić information content (AvgIpc) is 3.21. The summed E-state index contributed by atoms with van der Waals surface area (Å²) in [6.07, 6.45) is 1.60. The Kier molecular flexibility index (Phi) is 6.06. The Balaban J connectivity index is 1.40. The second kappa shape index (κ2) is 9.30. The fourth-order valence-electron chi connectivity index (χ4n) is 4.42. The lowest BCUT2D eigenvalue weighted by Gasteiger charge is -2.37. The smallest absolute Gasteiger partial charge is 0.266 e. The Bertz CT molecular complexity index is 1330. The van der Waals surface area contributed by atoms with Crippen LogP contribution in [-0.2, 0) is 0 Å². The van der Waals surface area contributed by atoms with Crippen molar-refractivity contribution in [1.29, 1.82) is 0 Å². The number of thiophene rings is 1. The number of aryl methyl sites for hydroxylation is 2. The number of benzene rings is 2. The van der Waals surface area contributed by atoms with Crippen molar-refractivity contribution in [3.63, 3.8) is 0 Å². The Hall–Kier alpha value is -3.65. The van der Waals surface area contributed by atoms with E-state index in [9.17, 15) is 4.79 Å². The fraction of sp³-hybridized carbons (Fsp3) is 0.269. The summed E-state index contributed by atoms with van der Waals surface area (Å²) >= 11 is 1.40. The standard InChI is InChI=1S/C26H27N5O2S/c1-17-9-10-21(33-3)20(15-17)29-25(32)23-18(2)22-24(27-16-28-26(22)34-23)31-13-11-30(12-14-31)19-7-5-4-6-8-19/h4-10,15-16H,11-14H2,1-3H3,(H,29,32). The summed E-state index contributed by atoms with van der Waals surface area (Å²) in [7, 11) is 1.60. The summed E-state index contributed by atoms with van der Waals surface area (Å²) in [6, 6.07) is 16.2. The molecule has 0 aliphatic carbocycles. The van der Waals surface area contributed by atoms with Crippen LogP contribution in [0.4, 0.5) is 17.2 Å². The van der Waals surface area contributed by atoms with Crippen LogP contribution in [0.25, 0.3) is 10.2 Å². The number of fused-ring (bicyclic) bond motifs is 1. The highest BCUT2D eigenvalue weighted by atomic mass is 32.1. The van der Waals surface area contributed by atoms with Crippen molar-refractivity contribution in [1.82, 2.24) is 9.97 Å².